The number of hydrogen-bond donors (Lipinski definition) is 2. The van der Waals surface area contributed by atoms with Crippen molar-refractivity contribution in [3.05, 3.63) is 83.9 Å². The second-order valence-corrected chi connectivity index (χ2v) is 8.42. The maximum absolute atomic E-state index is 12.6. The summed E-state index contributed by atoms with van der Waals surface area (Å²) < 4.78 is 5.42. The molecule has 0 fully saturated rings. The first-order valence-electron chi connectivity index (χ1n) is 10.1. The Kier molecular flexibility index (Phi) is 7.73. The summed E-state index contributed by atoms with van der Waals surface area (Å²) >= 11 is 1.43. The second kappa shape index (κ2) is 10.7. The Morgan fingerprint density at radius 3 is 2.39 bits per heavy atom. The fourth-order valence-corrected chi connectivity index (χ4v) is 3.90. The molecule has 0 saturated heterocycles. The number of ether oxygens (including phenoxy) is 1. The molecule has 1 unspecified atom stereocenters. The monoisotopic (exact) mass is 434 g/mol. The van der Waals surface area contributed by atoms with E-state index in [1.807, 2.05) is 87.5 Å². The minimum atomic E-state index is -0.311. The fraction of sp³-hybridized carbons (Fsp3) is 0.200. The number of benzene rings is 3. The highest BCUT2D eigenvalue weighted by atomic mass is 32.2. The topological polar surface area (TPSA) is 67.4 Å². The average Bonchev–Trinajstić information content (AvgIpc) is 2.75. The third kappa shape index (κ3) is 6.36. The van der Waals surface area contributed by atoms with Crippen molar-refractivity contribution in [3.8, 4) is 5.75 Å². The van der Waals surface area contributed by atoms with E-state index in [1.54, 1.807) is 6.07 Å². The highest BCUT2D eigenvalue weighted by Gasteiger charge is 2.15. The molecule has 0 heterocycles. The number of amides is 2. The molecule has 0 aromatic heterocycles. The first kappa shape index (κ1) is 22.4. The Balaban J connectivity index is 1.60. The van der Waals surface area contributed by atoms with Crippen molar-refractivity contribution in [3.63, 3.8) is 0 Å². The molecule has 5 nitrogen and oxygen atoms in total. The summed E-state index contributed by atoms with van der Waals surface area (Å²) in [6.07, 6.45) is 0. The Morgan fingerprint density at radius 2 is 1.68 bits per heavy atom. The molecule has 2 N–H and O–H groups in total. The van der Waals surface area contributed by atoms with Crippen LogP contribution < -0.4 is 15.4 Å². The lowest BCUT2D eigenvalue weighted by Gasteiger charge is -2.14. The number of carbonyl (C=O) groups is 2. The minimum Gasteiger partial charge on any atom is -0.494 e. The summed E-state index contributed by atoms with van der Waals surface area (Å²) in [5.41, 5.74) is 2.98. The van der Waals surface area contributed by atoms with Gasteiger partial charge in [-0.15, -0.1) is 11.8 Å². The molecule has 0 spiro atoms. The van der Waals surface area contributed by atoms with Gasteiger partial charge in [0.15, 0.2) is 0 Å². The smallest absolute Gasteiger partial charge is 0.255 e. The van der Waals surface area contributed by atoms with Crippen molar-refractivity contribution >= 4 is 35.0 Å². The van der Waals surface area contributed by atoms with Gasteiger partial charge < -0.3 is 15.4 Å². The van der Waals surface area contributed by atoms with E-state index in [4.69, 9.17) is 4.74 Å². The molecule has 160 valence electrons. The van der Waals surface area contributed by atoms with Gasteiger partial charge >= 0.3 is 0 Å². The van der Waals surface area contributed by atoms with Crippen molar-refractivity contribution in [2.75, 3.05) is 17.2 Å². The summed E-state index contributed by atoms with van der Waals surface area (Å²) in [7, 11) is 0. The van der Waals surface area contributed by atoms with Crippen molar-refractivity contribution in [1.29, 1.82) is 0 Å². The number of thioether (sulfide) groups is 1. The van der Waals surface area contributed by atoms with Crippen molar-refractivity contribution < 1.29 is 14.3 Å². The minimum absolute atomic E-state index is 0.0940. The van der Waals surface area contributed by atoms with E-state index >= 15 is 0 Å². The summed E-state index contributed by atoms with van der Waals surface area (Å²) in [5, 5.41) is 5.54. The SMILES string of the molecule is CCOc1ccc(NC(=O)C(C)Sc2cccc(NC(=O)c3ccccc3C)c2)cc1. The lowest BCUT2D eigenvalue weighted by Crippen LogP contribution is -2.22. The van der Waals surface area contributed by atoms with Crippen LogP contribution in [0, 0.1) is 6.92 Å². The Hall–Kier alpha value is -3.25. The lowest BCUT2D eigenvalue weighted by atomic mass is 10.1. The van der Waals surface area contributed by atoms with Crippen LogP contribution in [0.1, 0.15) is 29.8 Å². The number of carbonyl (C=O) groups excluding carboxylic acids is 2. The van der Waals surface area contributed by atoms with Crippen LogP contribution in [-0.2, 0) is 4.79 Å². The van der Waals surface area contributed by atoms with Gasteiger partial charge in [0.2, 0.25) is 5.91 Å². The molecule has 0 aliphatic heterocycles. The zero-order chi connectivity index (χ0) is 22.2. The van der Waals surface area contributed by atoms with Crippen LogP contribution in [0.4, 0.5) is 11.4 Å². The highest BCUT2D eigenvalue weighted by Crippen LogP contribution is 2.27. The first-order valence-corrected chi connectivity index (χ1v) is 11.0. The zero-order valence-electron chi connectivity index (χ0n) is 17.8. The number of nitrogens with one attached hydrogen (secondary N) is 2. The summed E-state index contributed by atoms with van der Waals surface area (Å²) in [6, 6.07) is 22.3. The van der Waals surface area contributed by atoms with Gasteiger partial charge in [-0.25, -0.2) is 0 Å². The van der Waals surface area contributed by atoms with Crippen LogP contribution in [0.25, 0.3) is 0 Å². The van der Waals surface area contributed by atoms with Gasteiger partial charge in [0.05, 0.1) is 11.9 Å². The molecular weight excluding hydrogens is 408 g/mol. The predicted molar refractivity (Wildman–Crippen MR) is 127 cm³/mol. The summed E-state index contributed by atoms with van der Waals surface area (Å²) in [4.78, 5) is 26.0. The maximum atomic E-state index is 12.6. The zero-order valence-corrected chi connectivity index (χ0v) is 18.7. The van der Waals surface area contributed by atoms with E-state index in [0.29, 0.717) is 17.9 Å². The van der Waals surface area contributed by atoms with Crippen molar-refractivity contribution in [1.82, 2.24) is 0 Å². The third-order valence-corrected chi connectivity index (χ3v) is 5.69. The molecule has 31 heavy (non-hydrogen) atoms. The Labute approximate surface area is 187 Å². The predicted octanol–water partition coefficient (Wildman–Crippen LogP) is 5.77. The molecule has 0 radical (unpaired) electrons. The molecular formula is C25H26N2O3S. The summed E-state index contributed by atoms with van der Waals surface area (Å²) in [6.45, 7) is 6.29. The average molecular weight is 435 g/mol. The van der Waals surface area contributed by atoms with E-state index in [0.717, 1.165) is 21.9 Å². The van der Waals surface area contributed by atoms with Gasteiger partial charge in [-0.1, -0.05) is 24.3 Å². The van der Waals surface area contributed by atoms with Crippen LogP contribution >= 0.6 is 11.8 Å². The van der Waals surface area contributed by atoms with Crippen molar-refractivity contribution in [2.24, 2.45) is 0 Å². The highest BCUT2D eigenvalue weighted by molar-refractivity contribution is 8.00. The maximum Gasteiger partial charge on any atom is 0.255 e. The molecule has 3 aromatic carbocycles. The standard InChI is InChI=1S/C25H26N2O3S/c1-4-30-21-14-12-19(13-15-21)26-24(28)18(3)31-22-10-7-9-20(16-22)27-25(29)23-11-6-5-8-17(23)2/h5-16,18H,4H2,1-3H3,(H,26,28)(H,27,29). The normalized spacial score (nSPS) is 11.5. The van der Waals surface area contributed by atoms with Crippen LogP contribution in [0.5, 0.6) is 5.75 Å². The summed E-state index contributed by atoms with van der Waals surface area (Å²) in [5.74, 6) is 0.525. The van der Waals surface area contributed by atoms with Crippen LogP contribution in [0.15, 0.2) is 77.7 Å². The van der Waals surface area contributed by atoms with Crippen molar-refractivity contribution in [2.45, 2.75) is 30.9 Å². The van der Waals surface area contributed by atoms with Crippen LogP contribution in [0.3, 0.4) is 0 Å². The van der Waals surface area contributed by atoms with Gasteiger partial charge in [-0.05, 0) is 74.9 Å². The molecule has 0 saturated carbocycles. The van der Waals surface area contributed by atoms with E-state index < -0.39 is 0 Å². The second-order valence-electron chi connectivity index (χ2n) is 7.00. The van der Waals surface area contributed by atoms with Crippen LogP contribution in [0.2, 0.25) is 0 Å². The molecule has 0 bridgehead atoms. The third-order valence-electron chi connectivity index (χ3n) is 4.60. The number of anilines is 2. The molecule has 1 atom stereocenters. The Bertz CT molecular complexity index is 1050. The number of rotatable bonds is 8. The van der Waals surface area contributed by atoms with Gasteiger partial charge in [-0.2, -0.15) is 0 Å². The molecule has 3 aromatic rings. The van der Waals surface area contributed by atoms with Gasteiger partial charge in [-0.3, -0.25) is 9.59 Å². The van der Waals surface area contributed by atoms with Gasteiger partial charge in [0.25, 0.3) is 5.91 Å². The van der Waals surface area contributed by atoms with E-state index in [-0.39, 0.29) is 17.1 Å². The fourth-order valence-electron chi connectivity index (χ4n) is 2.98. The van der Waals surface area contributed by atoms with Gasteiger partial charge in [0.1, 0.15) is 5.75 Å². The van der Waals surface area contributed by atoms with Crippen LogP contribution in [-0.4, -0.2) is 23.7 Å². The molecule has 6 heteroatoms. The molecule has 3 rings (SSSR count). The van der Waals surface area contributed by atoms with E-state index in [1.165, 1.54) is 11.8 Å². The molecule has 0 aliphatic carbocycles. The number of aryl methyl sites for hydroxylation is 1. The van der Waals surface area contributed by atoms with E-state index in [2.05, 4.69) is 10.6 Å². The molecule has 0 aliphatic rings. The largest absolute Gasteiger partial charge is 0.494 e. The Morgan fingerprint density at radius 1 is 0.935 bits per heavy atom. The van der Waals surface area contributed by atoms with Gasteiger partial charge in [0, 0.05) is 21.8 Å². The van der Waals surface area contributed by atoms with E-state index in [9.17, 15) is 9.59 Å². The number of hydrogen-bond acceptors (Lipinski definition) is 4. The molecule has 2 amide bonds. The first-order chi connectivity index (χ1) is 15.0. The quantitative estimate of drug-likeness (QED) is 0.442. The lowest BCUT2D eigenvalue weighted by molar-refractivity contribution is -0.115.